The van der Waals surface area contributed by atoms with E-state index in [9.17, 15) is 4.79 Å². The lowest BCUT2D eigenvalue weighted by atomic mass is 10.2. The second-order valence-electron chi connectivity index (χ2n) is 6.03. The third-order valence-electron chi connectivity index (χ3n) is 4.04. The van der Waals surface area contributed by atoms with Crippen LogP contribution in [0.4, 0.5) is 5.82 Å². The molecule has 29 heavy (non-hydrogen) atoms. The number of nitrogens with one attached hydrogen (secondary N) is 2. The average Bonchev–Trinajstić information content (AvgIpc) is 3.37. The molecule has 3 rings (SSSR count). The van der Waals surface area contributed by atoms with Gasteiger partial charge in [0.15, 0.2) is 17.3 Å². The van der Waals surface area contributed by atoms with Gasteiger partial charge in [-0.05, 0) is 30.2 Å². The van der Waals surface area contributed by atoms with E-state index in [1.165, 1.54) is 0 Å². The summed E-state index contributed by atoms with van der Waals surface area (Å²) in [5, 5.41) is 5.55. The van der Waals surface area contributed by atoms with Crippen molar-refractivity contribution in [2.75, 3.05) is 18.9 Å². The molecule has 1 amide bonds. The number of ether oxygens (including phenoxy) is 1. The number of terminal acetylenes is 1. The summed E-state index contributed by atoms with van der Waals surface area (Å²) >= 11 is 0. The standard InChI is InChI=1S/C22H20N4O3/c1-4-11-24-22(27)20-21(23-2)25-19(26(20)3)9-8-16-6-5-7-18(13-16)29-15-17-10-12-28-14-17/h1,5-7,10,12-14,23H,11,15H2,2-3H3,(H,24,27). The lowest BCUT2D eigenvalue weighted by Crippen LogP contribution is -2.26. The van der Waals surface area contributed by atoms with E-state index in [2.05, 4.69) is 33.4 Å². The van der Waals surface area contributed by atoms with Crippen molar-refractivity contribution in [1.82, 2.24) is 14.9 Å². The minimum atomic E-state index is -0.315. The molecule has 7 heteroatoms. The molecule has 0 bridgehead atoms. The lowest BCUT2D eigenvalue weighted by Gasteiger charge is -2.05. The highest BCUT2D eigenvalue weighted by Crippen LogP contribution is 2.17. The van der Waals surface area contributed by atoms with E-state index in [0.29, 0.717) is 29.7 Å². The van der Waals surface area contributed by atoms with Gasteiger partial charge < -0.3 is 24.4 Å². The van der Waals surface area contributed by atoms with Gasteiger partial charge in [0.05, 0.1) is 19.1 Å². The molecule has 0 aliphatic carbocycles. The van der Waals surface area contributed by atoms with Crippen molar-refractivity contribution >= 4 is 11.7 Å². The van der Waals surface area contributed by atoms with E-state index >= 15 is 0 Å². The van der Waals surface area contributed by atoms with Gasteiger partial charge >= 0.3 is 0 Å². The number of furan rings is 1. The van der Waals surface area contributed by atoms with Gasteiger partial charge in [-0.25, -0.2) is 4.98 Å². The Bertz CT molecular complexity index is 1100. The molecule has 0 saturated heterocycles. The van der Waals surface area contributed by atoms with Gasteiger partial charge in [0.2, 0.25) is 0 Å². The van der Waals surface area contributed by atoms with Crippen LogP contribution in [0.15, 0.2) is 47.3 Å². The van der Waals surface area contributed by atoms with Crippen LogP contribution in [0.2, 0.25) is 0 Å². The molecule has 0 fully saturated rings. The van der Waals surface area contributed by atoms with Crippen molar-refractivity contribution in [2.45, 2.75) is 6.61 Å². The van der Waals surface area contributed by atoms with Crippen LogP contribution in [0.25, 0.3) is 0 Å². The third kappa shape index (κ3) is 4.79. The van der Waals surface area contributed by atoms with Crippen LogP contribution in [0, 0.1) is 24.2 Å². The molecule has 2 aromatic heterocycles. The third-order valence-corrected chi connectivity index (χ3v) is 4.04. The van der Waals surface area contributed by atoms with Gasteiger partial charge in [-0.15, -0.1) is 6.42 Å². The summed E-state index contributed by atoms with van der Waals surface area (Å²) in [4.78, 5) is 16.7. The topological polar surface area (TPSA) is 81.3 Å². The molecule has 0 saturated carbocycles. The van der Waals surface area contributed by atoms with Gasteiger partial charge in [-0.2, -0.15) is 0 Å². The Morgan fingerprint density at radius 2 is 2.21 bits per heavy atom. The molecular weight excluding hydrogens is 368 g/mol. The number of hydrogen-bond donors (Lipinski definition) is 2. The summed E-state index contributed by atoms with van der Waals surface area (Å²) in [5.74, 6) is 9.70. The van der Waals surface area contributed by atoms with Crippen molar-refractivity contribution in [2.24, 2.45) is 7.05 Å². The predicted octanol–water partition coefficient (Wildman–Crippen LogP) is 2.40. The number of imidazole rings is 1. The molecule has 7 nitrogen and oxygen atoms in total. The molecule has 2 N–H and O–H groups in total. The summed E-state index contributed by atoms with van der Waals surface area (Å²) in [6.07, 6.45) is 8.45. The van der Waals surface area contributed by atoms with E-state index < -0.39 is 0 Å². The van der Waals surface area contributed by atoms with Crippen molar-refractivity contribution in [3.63, 3.8) is 0 Å². The Hall–Kier alpha value is -4.10. The molecule has 3 aromatic rings. The molecule has 2 heterocycles. The molecule has 0 aliphatic heterocycles. The Kier molecular flexibility index (Phi) is 6.24. The van der Waals surface area contributed by atoms with Gasteiger partial charge in [-0.3, -0.25) is 4.79 Å². The zero-order chi connectivity index (χ0) is 20.6. The maximum Gasteiger partial charge on any atom is 0.272 e. The number of aromatic nitrogens is 2. The Morgan fingerprint density at radius 3 is 2.93 bits per heavy atom. The highest BCUT2D eigenvalue weighted by Gasteiger charge is 2.19. The zero-order valence-corrected chi connectivity index (χ0v) is 16.2. The van der Waals surface area contributed by atoms with Crippen molar-refractivity contribution in [3.05, 3.63) is 65.5 Å². The van der Waals surface area contributed by atoms with Gasteiger partial charge in [0.25, 0.3) is 5.91 Å². The maximum absolute atomic E-state index is 12.3. The van der Waals surface area contributed by atoms with Crippen LogP contribution in [0.5, 0.6) is 5.75 Å². The Labute approximate surface area is 169 Å². The first-order valence-electron chi connectivity index (χ1n) is 8.84. The minimum absolute atomic E-state index is 0.139. The molecule has 0 spiro atoms. The second kappa shape index (κ2) is 9.20. The van der Waals surface area contributed by atoms with Crippen molar-refractivity contribution in [3.8, 4) is 29.9 Å². The highest BCUT2D eigenvalue weighted by atomic mass is 16.5. The second-order valence-corrected chi connectivity index (χ2v) is 6.03. The first-order valence-corrected chi connectivity index (χ1v) is 8.84. The highest BCUT2D eigenvalue weighted by molar-refractivity contribution is 5.97. The van der Waals surface area contributed by atoms with E-state index in [1.807, 2.05) is 30.3 Å². The first kappa shape index (κ1) is 19.7. The lowest BCUT2D eigenvalue weighted by molar-refractivity contribution is 0.0951. The number of anilines is 1. The first-order chi connectivity index (χ1) is 14.1. The Morgan fingerprint density at radius 1 is 1.34 bits per heavy atom. The van der Waals surface area contributed by atoms with Gasteiger partial charge in [0, 0.05) is 25.2 Å². The van der Waals surface area contributed by atoms with Crippen LogP contribution in [-0.2, 0) is 13.7 Å². The molecule has 0 unspecified atom stereocenters. The summed E-state index contributed by atoms with van der Waals surface area (Å²) in [7, 11) is 3.42. The monoisotopic (exact) mass is 388 g/mol. The SMILES string of the molecule is C#CCNC(=O)c1c(NC)nc(C#Cc2cccc(OCc3ccoc3)c2)n1C. The Balaban J connectivity index is 1.79. The molecule has 1 aromatic carbocycles. The fourth-order valence-corrected chi connectivity index (χ4v) is 2.59. The van der Waals surface area contributed by atoms with E-state index in [4.69, 9.17) is 15.6 Å². The van der Waals surface area contributed by atoms with Crippen LogP contribution < -0.4 is 15.4 Å². The van der Waals surface area contributed by atoms with Crippen LogP contribution in [-0.4, -0.2) is 29.1 Å². The number of carbonyl (C=O) groups is 1. The number of benzene rings is 1. The van der Waals surface area contributed by atoms with Crippen LogP contribution in [0.3, 0.4) is 0 Å². The summed E-state index contributed by atoms with van der Waals surface area (Å²) in [6, 6.07) is 9.29. The zero-order valence-electron chi connectivity index (χ0n) is 16.2. The number of hydrogen-bond acceptors (Lipinski definition) is 5. The fourth-order valence-electron chi connectivity index (χ4n) is 2.59. The smallest absolute Gasteiger partial charge is 0.272 e. The van der Waals surface area contributed by atoms with E-state index in [1.54, 1.807) is 31.2 Å². The van der Waals surface area contributed by atoms with E-state index in [0.717, 1.165) is 11.1 Å². The van der Waals surface area contributed by atoms with Crippen LogP contribution in [0.1, 0.15) is 27.4 Å². The van der Waals surface area contributed by atoms with Crippen LogP contribution >= 0.6 is 0 Å². The maximum atomic E-state index is 12.3. The summed E-state index contributed by atoms with van der Waals surface area (Å²) in [6.45, 7) is 0.550. The van der Waals surface area contributed by atoms with Gasteiger partial charge in [-0.1, -0.05) is 17.9 Å². The molecule has 0 radical (unpaired) electrons. The quantitative estimate of drug-likeness (QED) is 0.634. The number of amides is 1. The summed E-state index contributed by atoms with van der Waals surface area (Å²) in [5.41, 5.74) is 2.08. The predicted molar refractivity (Wildman–Crippen MR) is 109 cm³/mol. The fraction of sp³-hybridized carbons (Fsp3) is 0.182. The number of rotatable bonds is 6. The molecule has 0 atom stereocenters. The van der Waals surface area contributed by atoms with E-state index in [-0.39, 0.29) is 12.5 Å². The molecular formula is C22H20N4O3. The largest absolute Gasteiger partial charge is 0.489 e. The van der Waals surface area contributed by atoms with Crippen molar-refractivity contribution < 1.29 is 13.9 Å². The number of carbonyl (C=O) groups excluding carboxylic acids is 1. The van der Waals surface area contributed by atoms with Crippen molar-refractivity contribution in [1.29, 1.82) is 0 Å². The number of nitrogens with zero attached hydrogens (tertiary/aromatic N) is 2. The van der Waals surface area contributed by atoms with Gasteiger partial charge in [0.1, 0.15) is 12.4 Å². The average molecular weight is 388 g/mol. The minimum Gasteiger partial charge on any atom is -0.489 e. The molecule has 146 valence electrons. The molecule has 0 aliphatic rings. The normalized spacial score (nSPS) is 9.83. The summed E-state index contributed by atoms with van der Waals surface area (Å²) < 4.78 is 12.4.